The second-order valence-corrected chi connectivity index (χ2v) is 4.22. The van der Waals surface area contributed by atoms with Crippen molar-refractivity contribution in [1.29, 1.82) is 0 Å². The van der Waals surface area contributed by atoms with Gasteiger partial charge in [0.15, 0.2) is 0 Å². The van der Waals surface area contributed by atoms with E-state index in [1.54, 1.807) is 0 Å². The molecular formula is C16H14N2O2. The Morgan fingerprint density at radius 1 is 1.00 bits per heavy atom. The van der Waals surface area contributed by atoms with Crippen molar-refractivity contribution in [1.82, 2.24) is 10.1 Å². The molecule has 0 saturated carbocycles. The topological polar surface area (TPSA) is 48.2 Å². The van der Waals surface area contributed by atoms with Gasteiger partial charge in [-0.25, -0.2) is 0 Å². The molecular weight excluding hydrogens is 252 g/mol. The molecule has 3 rings (SSSR count). The van der Waals surface area contributed by atoms with Crippen LogP contribution in [0.15, 0.2) is 59.1 Å². The van der Waals surface area contributed by atoms with Crippen molar-refractivity contribution >= 4 is 0 Å². The van der Waals surface area contributed by atoms with Crippen molar-refractivity contribution in [3.8, 4) is 28.6 Å². The van der Waals surface area contributed by atoms with Gasteiger partial charge in [-0.3, -0.25) is 0 Å². The Kier molecular flexibility index (Phi) is 3.46. The Bertz CT molecular complexity index is 692. The number of benzene rings is 2. The second-order valence-electron chi connectivity index (χ2n) is 4.22. The number of hydrogen-bond acceptors (Lipinski definition) is 4. The van der Waals surface area contributed by atoms with Crippen molar-refractivity contribution < 1.29 is 9.26 Å². The first-order valence-corrected chi connectivity index (χ1v) is 6.50. The van der Waals surface area contributed by atoms with Gasteiger partial charge in [-0.2, -0.15) is 4.98 Å². The van der Waals surface area contributed by atoms with Crippen LogP contribution in [0.4, 0.5) is 0 Å². The molecule has 0 N–H and O–H groups in total. The monoisotopic (exact) mass is 266 g/mol. The lowest BCUT2D eigenvalue weighted by molar-refractivity contribution is 0.339. The van der Waals surface area contributed by atoms with E-state index in [0.29, 0.717) is 18.3 Å². The third-order valence-electron chi connectivity index (χ3n) is 2.88. The van der Waals surface area contributed by atoms with Crippen LogP contribution >= 0.6 is 0 Å². The molecule has 0 aliphatic heterocycles. The van der Waals surface area contributed by atoms with E-state index in [1.165, 1.54) is 0 Å². The normalized spacial score (nSPS) is 10.4. The highest BCUT2D eigenvalue weighted by Crippen LogP contribution is 2.29. The maximum atomic E-state index is 5.58. The highest BCUT2D eigenvalue weighted by atomic mass is 16.5. The molecule has 0 aliphatic rings. The Labute approximate surface area is 117 Å². The van der Waals surface area contributed by atoms with Gasteiger partial charge < -0.3 is 9.26 Å². The van der Waals surface area contributed by atoms with Crippen LogP contribution in [0.3, 0.4) is 0 Å². The predicted molar refractivity (Wildman–Crippen MR) is 76.3 cm³/mol. The zero-order chi connectivity index (χ0) is 13.8. The van der Waals surface area contributed by atoms with E-state index in [1.807, 2.05) is 61.5 Å². The average Bonchev–Trinajstić information content (AvgIpc) is 2.99. The number of rotatable bonds is 4. The molecule has 1 aromatic heterocycles. The zero-order valence-corrected chi connectivity index (χ0v) is 11.1. The minimum atomic E-state index is 0.466. The molecule has 20 heavy (non-hydrogen) atoms. The molecule has 0 bridgehead atoms. The fourth-order valence-corrected chi connectivity index (χ4v) is 1.96. The van der Waals surface area contributed by atoms with E-state index in [9.17, 15) is 0 Å². The Morgan fingerprint density at radius 2 is 1.75 bits per heavy atom. The minimum absolute atomic E-state index is 0.466. The van der Waals surface area contributed by atoms with Gasteiger partial charge in [-0.05, 0) is 19.1 Å². The quantitative estimate of drug-likeness (QED) is 0.720. The van der Waals surface area contributed by atoms with E-state index in [0.717, 1.165) is 16.9 Å². The smallest absolute Gasteiger partial charge is 0.262 e. The molecule has 0 spiro atoms. The number of aromatic nitrogens is 2. The summed E-state index contributed by atoms with van der Waals surface area (Å²) in [7, 11) is 0. The lowest BCUT2D eigenvalue weighted by atomic mass is 10.2. The van der Waals surface area contributed by atoms with E-state index < -0.39 is 0 Å². The van der Waals surface area contributed by atoms with Crippen molar-refractivity contribution in [3.63, 3.8) is 0 Å². The molecule has 0 radical (unpaired) electrons. The van der Waals surface area contributed by atoms with Crippen LogP contribution in [0.25, 0.3) is 22.8 Å². The van der Waals surface area contributed by atoms with Gasteiger partial charge in [0.05, 0.1) is 12.2 Å². The number of ether oxygens (including phenoxy) is 1. The summed E-state index contributed by atoms with van der Waals surface area (Å²) in [6.45, 7) is 2.54. The predicted octanol–water partition coefficient (Wildman–Crippen LogP) is 3.80. The van der Waals surface area contributed by atoms with Crippen molar-refractivity contribution in [2.24, 2.45) is 0 Å². The zero-order valence-electron chi connectivity index (χ0n) is 11.1. The minimum Gasteiger partial charge on any atom is -0.493 e. The maximum Gasteiger partial charge on any atom is 0.262 e. The highest BCUT2D eigenvalue weighted by Gasteiger charge is 2.14. The van der Waals surface area contributed by atoms with E-state index in [2.05, 4.69) is 10.1 Å². The SMILES string of the molecule is CCOc1ccccc1-c1nc(-c2ccccc2)no1. The first kappa shape index (κ1) is 12.4. The van der Waals surface area contributed by atoms with Crippen molar-refractivity contribution in [2.45, 2.75) is 6.92 Å². The fraction of sp³-hybridized carbons (Fsp3) is 0.125. The second kappa shape index (κ2) is 5.57. The summed E-state index contributed by atoms with van der Waals surface area (Å²) in [6.07, 6.45) is 0. The molecule has 2 aromatic carbocycles. The molecule has 4 nitrogen and oxygen atoms in total. The largest absolute Gasteiger partial charge is 0.493 e. The summed E-state index contributed by atoms with van der Waals surface area (Å²) in [5.74, 6) is 1.79. The fourth-order valence-electron chi connectivity index (χ4n) is 1.96. The average molecular weight is 266 g/mol. The molecule has 0 amide bonds. The maximum absolute atomic E-state index is 5.58. The lowest BCUT2D eigenvalue weighted by Crippen LogP contribution is -1.93. The van der Waals surface area contributed by atoms with Crippen LogP contribution in [0.2, 0.25) is 0 Å². The summed E-state index contributed by atoms with van der Waals surface area (Å²) in [5.41, 5.74) is 1.74. The highest BCUT2D eigenvalue weighted by molar-refractivity contribution is 5.65. The summed E-state index contributed by atoms with van der Waals surface area (Å²) < 4.78 is 10.9. The Morgan fingerprint density at radius 3 is 2.55 bits per heavy atom. The summed E-state index contributed by atoms with van der Waals surface area (Å²) >= 11 is 0. The third-order valence-corrected chi connectivity index (χ3v) is 2.88. The van der Waals surface area contributed by atoms with Crippen molar-refractivity contribution in [3.05, 3.63) is 54.6 Å². The van der Waals surface area contributed by atoms with Crippen LogP contribution in [-0.4, -0.2) is 16.7 Å². The van der Waals surface area contributed by atoms with Gasteiger partial charge in [0, 0.05) is 5.56 Å². The molecule has 1 heterocycles. The first-order chi connectivity index (χ1) is 9.88. The molecule has 0 aliphatic carbocycles. The van der Waals surface area contributed by atoms with Crippen LogP contribution < -0.4 is 4.74 Å². The van der Waals surface area contributed by atoms with Crippen LogP contribution in [0, 0.1) is 0 Å². The van der Waals surface area contributed by atoms with E-state index in [-0.39, 0.29) is 0 Å². The van der Waals surface area contributed by atoms with Gasteiger partial charge in [0.25, 0.3) is 5.89 Å². The van der Waals surface area contributed by atoms with Crippen LogP contribution in [0.1, 0.15) is 6.92 Å². The van der Waals surface area contributed by atoms with Crippen LogP contribution in [-0.2, 0) is 0 Å². The van der Waals surface area contributed by atoms with Gasteiger partial charge in [0.2, 0.25) is 5.82 Å². The third kappa shape index (κ3) is 2.40. The number of nitrogens with zero attached hydrogens (tertiary/aromatic N) is 2. The lowest BCUT2D eigenvalue weighted by Gasteiger charge is -2.05. The molecule has 0 unspecified atom stereocenters. The Balaban J connectivity index is 1.98. The summed E-state index contributed by atoms with van der Waals surface area (Å²) in [5, 5.41) is 4.02. The molecule has 0 saturated heterocycles. The number of hydrogen-bond donors (Lipinski definition) is 0. The number of para-hydroxylation sites is 1. The summed E-state index contributed by atoms with van der Waals surface area (Å²) in [4.78, 5) is 4.44. The molecule has 0 atom stereocenters. The van der Waals surface area contributed by atoms with Crippen LogP contribution in [0.5, 0.6) is 5.75 Å². The molecule has 0 fully saturated rings. The molecule has 100 valence electrons. The van der Waals surface area contributed by atoms with Gasteiger partial charge in [-0.15, -0.1) is 0 Å². The first-order valence-electron chi connectivity index (χ1n) is 6.50. The van der Waals surface area contributed by atoms with E-state index in [4.69, 9.17) is 9.26 Å². The van der Waals surface area contributed by atoms with Crippen molar-refractivity contribution in [2.75, 3.05) is 6.61 Å². The Hall–Kier alpha value is -2.62. The molecule has 3 aromatic rings. The molecule has 4 heteroatoms. The van der Waals surface area contributed by atoms with Gasteiger partial charge in [0.1, 0.15) is 5.75 Å². The van der Waals surface area contributed by atoms with Gasteiger partial charge in [-0.1, -0.05) is 47.6 Å². The van der Waals surface area contributed by atoms with E-state index >= 15 is 0 Å². The summed E-state index contributed by atoms with van der Waals surface area (Å²) in [6, 6.07) is 17.4. The van der Waals surface area contributed by atoms with Gasteiger partial charge >= 0.3 is 0 Å². The standard InChI is InChI=1S/C16H14N2O2/c1-2-19-14-11-7-6-10-13(14)16-17-15(18-20-16)12-8-4-3-5-9-12/h3-11H,2H2,1H3.